The molecule has 0 aliphatic rings. The number of hydrogen-bond acceptors (Lipinski definition) is 4. The Balaban J connectivity index is 3.00. The first-order valence-electron chi connectivity index (χ1n) is 7.41. The van der Waals surface area contributed by atoms with Gasteiger partial charge in [-0.15, -0.1) is 0 Å². The van der Waals surface area contributed by atoms with E-state index in [4.69, 9.17) is 10.2 Å². The van der Waals surface area contributed by atoms with E-state index in [0.29, 0.717) is 12.1 Å². The third-order valence-corrected chi connectivity index (χ3v) is 4.15. The van der Waals surface area contributed by atoms with Gasteiger partial charge in [0.1, 0.15) is 11.5 Å². The highest BCUT2D eigenvalue weighted by Gasteiger charge is 2.74. The van der Waals surface area contributed by atoms with Crippen LogP contribution in [0.25, 0.3) is 0 Å². The molecule has 0 radical (unpaired) electrons. The van der Waals surface area contributed by atoms with Gasteiger partial charge < -0.3 is 20.4 Å². The molecule has 0 atom stereocenters. The molecule has 0 saturated heterocycles. The van der Waals surface area contributed by atoms with E-state index in [-0.39, 0.29) is 24.3 Å². The maximum atomic E-state index is 13.9. The zero-order valence-electron chi connectivity index (χ0n) is 13.8. The minimum atomic E-state index is -6.18. The molecule has 0 heterocycles. The van der Waals surface area contributed by atoms with E-state index in [2.05, 4.69) is 0 Å². The lowest BCUT2D eigenvalue weighted by Crippen LogP contribution is -2.54. The largest absolute Gasteiger partial charge is 0.508 e. The summed E-state index contributed by atoms with van der Waals surface area (Å²) in [7, 11) is 0. The number of rotatable bonds is 4. The lowest BCUT2D eigenvalue weighted by molar-refractivity contribution is -0.289. The lowest BCUT2D eigenvalue weighted by Gasteiger charge is -2.38. The first-order chi connectivity index (χ1) is 13.1. The molecule has 0 unspecified atom stereocenters. The molecule has 156 valence electrons. The summed E-state index contributed by atoms with van der Waals surface area (Å²) in [5.41, 5.74) is -10.1. The Morgan fingerprint density at radius 3 is 1.17 bits per heavy atom. The molecule has 0 saturated carbocycles. The Kier molecular flexibility index (Phi) is 5.17. The SMILES string of the molecule is O=C(O)c1ccc(C(c2ccc(C(=O)O)cc2O)(C(F)(F)F)C(F)(F)F)c(O)c1. The van der Waals surface area contributed by atoms with Crippen LogP contribution in [0.5, 0.6) is 11.5 Å². The summed E-state index contributed by atoms with van der Waals surface area (Å²) >= 11 is 0. The molecule has 2 rings (SSSR count). The van der Waals surface area contributed by atoms with Crippen molar-refractivity contribution in [3.8, 4) is 11.5 Å². The molecule has 2 aromatic carbocycles. The zero-order chi connectivity index (χ0) is 22.4. The molecule has 6 nitrogen and oxygen atoms in total. The molecule has 0 amide bonds. The molecule has 0 aliphatic carbocycles. The second-order valence-electron chi connectivity index (χ2n) is 5.82. The van der Waals surface area contributed by atoms with Crippen molar-refractivity contribution < 1.29 is 56.4 Å². The summed E-state index contributed by atoms with van der Waals surface area (Å²) < 4.78 is 83.7. The second kappa shape index (κ2) is 6.87. The maximum absolute atomic E-state index is 13.9. The standard InChI is InChI=1S/C17H10F6O6/c18-16(19,20)15(17(21,22)23,9-3-1-7(13(26)27)5-11(9)24)10-4-2-8(14(28)29)6-12(10)25/h1-6,24-25H,(H,26,27)(H,28,29). The van der Waals surface area contributed by atoms with E-state index in [0.717, 1.165) is 0 Å². The summed E-state index contributed by atoms with van der Waals surface area (Å²) in [6.45, 7) is 0. The highest BCUT2D eigenvalue weighted by Crippen LogP contribution is 2.59. The van der Waals surface area contributed by atoms with E-state index in [1.165, 1.54) is 0 Å². The van der Waals surface area contributed by atoms with Crippen molar-refractivity contribution in [1.29, 1.82) is 0 Å². The highest BCUT2D eigenvalue weighted by atomic mass is 19.4. The highest BCUT2D eigenvalue weighted by molar-refractivity contribution is 5.89. The maximum Gasteiger partial charge on any atom is 0.411 e. The van der Waals surface area contributed by atoms with E-state index < -0.39 is 63.5 Å². The smallest absolute Gasteiger partial charge is 0.411 e. The molecule has 2 aromatic rings. The number of carboxylic acids is 2. The number of aromatic hydroxyl groups is 2. The zero-order valence-corrected chi connectivity index (χ0v) is 13.8. The number of phenols is 2. The van der Waals surface area contributed by atoms with Crippen LogP contribution in [0.3, 0.4) is 0 Å². The number of benzene rings is 2. The average molecular weight is 424 g/mol. The summed E-state index contributed by atoms with van der Waals surface area (Å²) in [5.74, 6) is -6.71. The van der Waals surface area contributed by atoms with Gasteiger partial charge in [0.25, 0.3) is 0 Å². The van der Waals surface area contributed by atoms with Crippen LogP contribution in [-0.4, -0.2) is 44.7 Å². The van der Waals surface area contributed by atoms with Crippen molar-refractivity contribution in [2.24, 2.45) is 0 Å². The van der Waals surface area contributed by atoms with Gasteiger partial charge in [0.2, 0.25) is 5.41 Å². The molecule has 0 fully saturated rings. The predicted octanol–water partition coefficient (Wildman–Crippen LogP) is 3.90. The van der Waals surface area contributed by atoms with E-state index >= 15 is 0 Å². The molecule has 29 heavy (non-hydrogen) atoms. The number of phenolic OH excluding ortho intramolecular Hbond substituents is 2. The van der Waals surface area contributed by atoms with Crippen molar-refractivity contribution in [1.82, 2.24) is 0 Å². The number of hydrogen-bond donors (Lipinski definition) is 4. The van der Waals surface area contributed by atoms with Crippen LogP contribution >= 0.6 is 0 Å². The predicted molar refractivity (Wildman–Crippen MR) is 83.0 cm³/mol. The Bertz CT molecular complexity index is 900. The summed E-state index contributed by atoms with van der Waals surface area (Å²) in [5, 5.41) is 37.3. The van der Waals surface area contributed by atoms with Crippen LogP contribution in [0.1, 0.15) is 31.8 Å². The van der Waals surface area contributed by atoms with Gasteiger partial charge in [0.15, 0.2) is 0 Å². The van der Waals surface area contributed by atoms with Crippen LogP contribution in [0.4, 0.5) is 26.3 Å². The number of carboxylic acid groups (broad SMARTS) is 2. The summed E-state index contributed by atoms with van der Waals surface area (Å²) in [4.78, 5) is 21.8. The van der Waals surface area contributed by atoms with E-state index in [1.54, 1.807) is 0 Å². The van der Waals surface area contributed by atoms with Gasteiger partial charge >= 0.3 is 24.3 Å². The third-order valence-electron chi connectivity index (χ3n) is 4.15. The van der Waals surface area contributed by atoms with Gasteiger partial charge in [0, 0.05) is 11.1 Å². The number of carbonyl (C=O) groups is 2. The van der Waals surface area contributed by atoms with E-state index in [9.17, 15) is 46.1 Å². The van der Waals surface area contributed by atoms with Crippen LogP contribution in [0.15, 0.2) is 36.4 Å². The van der Waals surface area contributed by atoms with Gasteiger partial charge in [-0.25, -0.2) is 9.59 Å². The van der Waals surface area contributed by atoms with Crippen LogP contribution in [0.2, 0.25) is 0 Å². The fourth-order valence-electron chi connectivity index (χ4n) is 2.88. The van der Waals surface area contributed by atoms with Crippen LogP contribution < -0.4 is 0 Å². The first kappa shape index (κ1) is 21.9. The van der Waals surface area contributed by atoms with Gasteiger partial charge in [-0.05, 0) is 24.3 Å². The lowest BCUT2D eigenvalue weighted by atomic mass is 9.71. The Hall–Kier alpha value is -3.44. The number of alkyl halides is 6. The fraction of sp³-hybridized carbons (Fsp3) is 0.176. The second-order valence-corrected chi connectivity index (χ2v) is 5.82. The van der Waals surface area contributed by atoms with Gasteiger partial charge in [-0.3, -0.25) is 0 Å². The quantitative estimate of drug-likeness (QED) is 0.554. The molecule has 0 aliphatic heterocycles. The molecular weight excluding hydrogens is 414 g/mol. The minimum absolute atomic E-state index is 0.129. The number of aromatic carboxylic acids is 2. The molecule has 0 spiro atoms. The molecular formula is C17H10F6O6. The average Bonchev–Trinajstić information content (AvgIpc) is 2.55. The van der Waals surface area contributed by atoms with Crippen LogP contribution in [-0.2, 0) is 5.41 Å². The molecule has 12 heteroatoms. The van der Waals surface area contributed by atoms with E-state index in [1.807, 2.05) is 0 Å². The monoisotopic (exact) mass is 424 g/mol. The van der Waals surface area contributed by atoms with Gasteiger partial charge in [0.05, 0.1) is 11.1 Å². The van der Waals surface area contributed by atoms with Crippen LogP contribution in [0, 0.1) is 0 Å². The van der Waals surface area contributed by atoms with Crippen molar-refractivity contribution >= 4 is 11.9 Å². The summed E-state index contributed by atoms with van der Waals surface area (Å²) in [6, 6.07) is 1.51. The third kappa shape index (κ3) is 3.41. The Morgan fingerprint density at radius 1 is 0.655 bits per heavy atom. The van der Waals surface area contributed by atoms with Crippen molar-refractivity contribution in [3.05, 3.63) is 58.7 Å². The Labute approximate surface area is 157 Å². The summed E-state index contributed by atoms with van der Waals surface area (Å²) in [6.07, 6.45) is -12.4. The van der Waals surface area contributed by atoms with Crippen molar-refractivity contribution in [3.63, 3.8) is 0 Å². The minimum Gasteiger partial charge on any atom is -0.508 e. The van der Waals surface area contributed by atoms with Crippen molar-refractivity contribution in [2.45, 2.75) is 17.8 Å². The normalized spacial score (nSPS) is 12.6. The molecule has 4 N–H and O–H groups in total. The molecule has 0 aromatic heterocycles. The fourth-order valence-corrected chi connectivity index (χ4v) is 2.88. The molecule has 0 bridgehead atoms. The van der Waals surface area contributed by atoms with Gasteiger partial charge in [-0.1, -0.05) is 12.1 Å². The topological polar surface area (TPSA) is 115 Å². The Morgan fingerprint density at radius 2 is 0.966 bits per heavy atom. The van der Waals surface area contributed by atoms with Gasteiger partial charge in [-0.2, -0.15) is 26.3 Å². The number of halogens is 6. The van der Waals surface area contributed by atoms with Crippen molar-refractivity contribution in [2.75, 3.05) is 0 Å². The first-order valence-corrected chi connectivity index (χ1v) is 7.41.